The van der Waals surface area contributed by atoms with E-state index in [0.29, 0.717) is 17.1 Å². The van der Waals surface area contributed by atoms with Gasteiger partial charge in [0.2, 0.25) is 5.95 Å². The minimum Gasteiger partial charge on any atom is -0.307 e. The van der Waals surface area contributed by atoms with Gasteiger partial charge in [0, 0.05) is 54.2 Å². The molecule has 59 heavy (non-hydrogen) atoms. The molecule has 0 saturated heterocycles. The normalized spacial score (nSPS) is 16.1. The Bertz CT molecular complexity index is 3610. The third-order valence-electron chi connectivity index (χ3n) is 12.5. The lowest BCUT2D eigenvalue weighted by atomic mass is 9.85. The first-order valence-electron chi connectivity index (χ1n) is 20.2. The molecule has 0 amide bonds. The molecule has 276 valence electrons. The summed E-state index contributed by atoms with van der Waals surface area (Å²) >= 11 is 1.99. The van der Waals surface area contributed by atoms with Crippen LogP contribution in [-0.4, -0.2) is 24.4 Å². The zero-order chi connectivity index (χ0) is 38.6. The predicted octanol–water partition coefficient (Wildman–Crippen LogP) is 13.9. The van der Waals surface area contributed by atoms with Crippen molar-refractivity contribution in [1.82, 2.24) is 19.1 Å². The van der Waals surface area contributed by atoms with Crippen molar-refractivity contribution in [3.8, 4) is 22.9 Å². The van der Waals surface area contributed by atoms with Crippen LogP contribution in [0.3, 0.4) is 0 Å². The molecule has 0 bridgehead atoms. The highest BCUT2D eigenvalue weighted by molar-refractivity contribution is 8.00. The van der Waals surface area contributed by atoms with Crippen LogP contribution in [0.25, 0.3) is 93.8 Å². The largest absolute Gasteiger partial charge is 0.307 e. The lowest BCUT2D eigenvalue weighted by Gasteiger charge is -2.23. The van der Waals surface area contributed by atoms with Crippen LogP contribution in [0.15, 0.2) is 199 Å². The summed E-state index contributed by atoms with van der Waals surface area (Å²) in [5, 5.41) is 8.50. The van der Waals surface area contributed by atoms with Crippen molar-refractivity contribution in [2.24, 2.45) is 0 Å². The number of benzene rings is 8. The van der Waals surface area contributed by atoms with Gasteiger partial charge in [-0.2, -0.15) is 0 Å². The van der Waals surface area contributed by atoms with Gasteiger partial charge in [-0.05, 0) is 76.0 Å². The molecule has 1 aliphatic heterocycles. The van der Waals surface area contributed by atoms with Crippen LogP contribution in [0.5, 0.6) is 0 Å². The second kappa shape index (κ2) is 12.6. The molecule has 4 heterocycles. The molecule has 3 aromatic heterocycles. The quantitative estimate of drug-likeness (QED) is 0.179. The fourth-order valence-corrected chi connectivity index (χ4v) is 11.3. The van der Waals surface area contributed by atoms with E-state index in [-0.39, 0.29) is 0 Å². The molecule has 0 fully saturated rings. The number of hydrogen-bond acceptors (Lipinski definition) is 3. The molecule has 2 atom stereocenters. The Hall–Kier alpha value is -7.21. The predicted molar refractivity (Wildman–Crippen MR) is 247 cm³/mol. The number of aromatic nitrogens is 4. The van der Waals surface area contributed by atoms with Gasteiger partial charge in [-0.25, -0.2) is 9.97 Å². The molecule has 13 rings (SSSR count). The van der Waals surface area contributed by atoms with Crippen molar-refractivity contribution in [3.05, 3.63) is 205 Å². The number of nitrogens with zero attached hydrogens (tertiary/aromatic N) is 4. The number of allylic oxidation sites excluding steroid dienone is 3. The second-order valence-corrected chi connectivity index (χ2v) is 16.9. The van der Waals surface area contributed by atoms with E-state index in [1.54, 1.807) is 0 Å². The maximum absolute atomic E-state index is 5.58. The second-order valence-electron chi connectivity index (χ2n) is 15.7. The monoisotopic (exact) mass is 770 g/mol. The maximum Gasteiger partial charge on any atom is 0.235 e. The van der Waals surface area contributed by atoms with E-state index in [0.717, 1.165) is 49.9 Å². The molecule has 5 heteroatoms. The molecule has 2 aliphatic rings. The van der Waals surface area contributed by atoms with Gasteiger partial charge in [0.1, 0.15) is 0 Å². The van der Waals surface area contributed by atoms with Crippen molar-refractivity contribution >= 4 is 82.6 Å². The highest BCUT2D eigenvalue weighted by Gasteiger charge is 2.36. The molecule has 0 spiro atoms. The van der Waals surface area contributed by atoms with Crippen LogP contribution in [0.4, 0.5) is 0 Å². The standard InChI is InChI=1S/C54H34N4S/c1-2-15-37(16-3-1)57-47-23-10-7-17-39(47)41-28-29-42-45-32-35(38-20-12-21-43-40-18-8-11-24-49(40)59-53(38)43)27-30-48(45)58(52(42)51(41)57)54-55-46-22-9-6-19-44(46)50(56-54)36-26-25-33-13-4-5-14-34(33)31-36/h1-32,43,53H. The summed E-state index contributed by atoms with van der Waals surface area (Å²) < 4.78 is 4.77. The van der Waals surface area contributed by atoms with Crippen molar-refractivity contribution in [1.29, 1.82) is 0 Å². The van der Waals surface area contributed by atoms with Crippen LogP contribution in [0.2, 0.25) is 0 Å². The Kier molecular flexibility index (Phi) is 7.04. The van der Waals surface area contributed by atoms with E-state index in [1.165, 1.54) is 53.9 Å². The smallest absolute Gasteiger partial charge is 0.235 e. The van der Waals surface area contributed by atoms with Crippen molar-refractivity contribution < 1.29 is 0 Å². The minimum absolute atomic E-state index is 0.323. The van der Waals surface area contributed by atoms with Crippen molar-refractivity contribution in [3.63, 3.8) is 0 Å². The van der Waals surface area contributed by atoms with E-state index in [4.69, 9.17) is 9.97 Å². The van der Waals surface area contributed by atoms with Crippen LogP contribution >= 0.6 is 11.8 Å². The van der Waals surface area contributed by atoms with Gasteiger partial charge in [0.05, 0.1) is 33.3 Å². The minimum atomic E-state index is 0.323. The first-order chi connectivity index (χ1) is 29.3. The summed E-state index contributed by atoms with van der Waals surface area (Å²) in [6.45, 7) is 0. The number of hydrogen-bond donors (Lipinski definition) is 0. The van der Waals surface area contributed by atoms with Crippen LogP contribution in [0, 0.1) is 0 Å². The lowest BCUT2D eigenvalue weighted by Crippen LogP contribution is -2.13. The Morgan fingerprint density at radius 2 is 1.20 bits per heavy atom. The molecule has 0 saturated carbocycles. The van der Waals surface area contributed by atoms with E-state index in [9.17, 15) is 0 Å². The SMILES string of the molecule is C1=CC2c3ccccc3SC2C(c2ccc3c(c2)c2ccc4c5ccccc5n(-c5ccccc5)c4c2n3-c2nc(-c3ccc4ccccc4c3)c3ccccc3n2)=C1. The molecule has 8 aromatic carbocycles. The average Bonchev–Trinajstić information content (AvgIpc) is 3.96. The van der Waals surface area contributed by atoms with Crippen LogP contribution in [0.1, 0.15) is 17.0 Å². The zero-order valence-electron chi connectivity index (χ0n) is 31.8. The Morgan fingerprint density at radius 1 is 0.492 bits per heavy atom. The number of fused-ring (bicyclic) bond motifs is 12. The van der Waals surface area contributed by atoms with Crippen LogP contribution in [-0.2, 0) is 0 Å². The van der Waals surface area contributed by atoms with E-state index >= 15 is 0 Å². The molecular weight excluding hydrogens is 737 g/mol. The summed E-state index contributed by atoms with van der Waals surface area (Å²) in [5.74, 6) is 1.01. The Labute approximate surface area is 344 Å². The van der Waals surface area contributed by atoms with Gasteiger partial charge in [-0.15, -0.1) is 11.8 Å². The molecule has 0 N–H and O–H groups in total. The van der Waals surface area contributed by atoms with Gasteiger partial charge in [0.25, 0.3) is 0 Å². The topological polar surface area (TPSA) is 35.6 Å². The van der Waals surface area contributed by atoms with Crippen molar-refractivity contribution in [2.45, 2.75) is 16.1 Å². The van der Waals surface area contributed by atoms with E-state index in [2.05, 4.69) is 203 Å². The fourth-order valence-electron chi connectivity index (χ4n) is 9.84. The Morgan fingerprint density at radius 3 is 2.12 bits per heavy atom. The Balaban J connectivity index is 1.13. The van der Waals surface area contributed by atoms with Gasteiger partial charge in [-0.3, -0.25) is 4.57 Å². The zero-order valence-corrected chi connectivity index (χ0v) is 32.6. The third-order valence-corrected chi connectivity index (χ3v) is 13.9. The highest BCUT2D eigenvalue weighted by atomic mass is 32.2. The average molecular weight is 771 g/mol. The fraction of sp³-hybridized carbons (Fsp3) is 0.0370. The maximum atomic E-state index is 5.58. The molecule has 2 unspecified atom stereocenters. The van der Waals surface area contributed by atoms with Crippen LogP contribution < -0.4 is 0 Å². The number of rotatable bonds is 4. The van der Waals surface area contributed by atoms with Gasteiger partial charge < -0.3 is 4.57 Å². The molecule has 0 radical (unpaired) electrons. The van der Waals surface area contributed by atoms with Gasteiger partial charge in [0.15, 0.2) is 0 Å². The molecular formula is C54H34N4S. The van der Waals surface area contributed by atoms with Crippen molar-refractivity contribution in [2.75, 3.05) is 0 Å². The summed E-state index contributed by atoms with van der Waals surface area (Å²) in [6.07, 6.45) is 6.96. The molecule has 1 aliphatic carbocycles. The first kappa shape index (κ1) is 32.8. The van der Waals surface area contributed by atoms with E-state index in [1.807, 2.05) is 11.8 Å². The van der Waals surface area contributed by atoms with Gasteiger partial charge in [-0.1, -0.05) is 146 Å². The summed E-state index contributed by atoms with van der Waals surface area (Å²) in [5.41, 5.74) is 12.5. The van der Waals surface area contributed by atoms with Gasteiger partial charge >= 0.3 is 0 Å². The first-order valence-corrected chi connectivity index (χ1v) is 21.1. The highest BCUT2D eigenvalue weighted by Crippen LogP contribution is 2.53. The third kappa shape index (κ3) is 4.86. The number of thioether (sulfide) groups is 1. The van der Waals surface area contributed by atoms with E-state index < -0.39 is 0 Å². The molecule has 4 nitrogen and oxygen atoms in total. The number of para-hydroxylation sites is 3. The summed E-state index contributed by atoms with van der Waals surface area (Å²) in [7, 11) is 0. The summed E-state index contributed by atoms with van der Waals surface area (Å²) in [6, 6.07) is 63.7. The lowest BCUT2D eigenvalue weighted by molar-refractivity contribution is 0.893. The molecule has 11 aromatic rings. The summed E-state index contributed by atoms with van der Waals surface area (Å²) in [4.78, 5) is 12.4.